The van der Waals surface area contributed by atoms with E-state index in [2.05, 4.69) is 10.3 Å². The lowest BCUT2D eigenvalue weighted by Crippen LogP contribution is -2.22. The predicted octanol–water partition coefficient (Wildman–Crippen LogP) is 4.43. The topological polar surface area (TPSA) is 89.6 Å². The molecule has 0 spiro atoms. The van der Waals surface area contributed by atoms with Crippen LogP contribution in [0, 0.1) is 0 Å². The van der Waals surface area contributed by atoms with Crippen LogP contribution < -0.4 is 11.1 Å². The standard InChI is InChI=1S/C23H33Cl2N3O3/c24-20-15-18(16-21(25)23(20)26)22(29)17-27-9-4-1-2-6-11-30-13-14-31-12-8-19-7-3-5-10-28-19/h3,5,7,10,15-16,22,27,29H,1-2,4,6,8-9,11-14,17,26H2. The molecule has 0 saturated heterocycles. The second kappa shape index (κ2) is 15.4. The van der Waals surface area contributed by atoms with E-state index in [0.717, 1.165) is 50.9 Å². The number of aliphatic hydroxyl groups is 1. The Balaban J connectivity index is 1.37. The van der Waals surface area contributed by atoms with Crippen molar-refractivity contribution in [1.29, 1.82) is 0 Å². The van der Waals surface area contributed by atoms with Crippen molar-refractivity contribution >= 4 is 28.9 Å². The lowest BCUT2D eigenvalue weighted by Gasteiger charge is -2.14. The molecule has 0 saturated carbocycles. The van der Waals surface area contributed by atoms with E-state index in [4.69, 9.17) is 38.4 Å². The minimum Gasteiger partial charge on any atom is -0.396 e. The van der Waals surface area contributed by atoms with Crippen LogP contribution in [0.5, 0.6) is 0 Å². The highest BCUT2D eigenvalue weighted by Gasteiger charge is 2.11. The average molecular weight is 470 g/mol. The van der Waals surface area contributed by atoms with Gasteiger partial charge in [0.15, 0.2) is 0 Å². The van der Waals surface area contributed by atoms with Crippen molar-refractivity contribution in [3.05, 3.63) is 57.8 Å². The third kappa shape index (κ3) is 10.6. The molecular formula is C23H33Cl2N3O3. The highest BCUT2D eigenvalue weighted by Crippen LogP contribution is 2.31. The second-order valence-corrected chi connectivity index (χ2v) is 8.14. The number of benzene rings is 1. The van der Waals surface area contributed by atoms with E-state index in [1.54, 1.807) is 18.3 Å². The summed E-state index contributed by atoms with van der Waals surface area (Å²) in [5.74, 6) is 0. The Kier molecular flexibility index (Phi) is 12.8. The molecule has 2 aromatic rings. The number of hydrogen-bond acceptors (Lipinski definition) is 6. The molecule has 0 aliphatic rings. The molecule has 0 aliphatic carbocycles. The lowest BCUT2D eigenvalue weighted by molar-refractivity contribution is 0.0472. The van der Waals surface area contributed by atoms with Crippen molar-refractivity contribution in [2.75, 3.05) is 45.3 Å². The van der Waals surface area contributed by atoms with Gasteiger partial charge in [0.1, 0.15) is 0 Å². The van der Waals surface area contributed by atoms with Crippen LogP contribution >= 0.6 is 23.2 Å². The number of nitrogens with two attached hydrogens (primary N) is 1. The molecule has 0 aliphatic heterocycles. The molecule has 1 atom stereocenters. The summed E-state index contributed by atoms with van der Waals surface area (Å²) in [6.07, 6.45) is 6.28. The van der Waals surface area contributed by atoms with Crippen molar-refractivity contribution in [3.8, 4) is 0 Å². The monoisotopic (exact) mass is 469 g/mol. The summed E-state index contributed by atoms with van der Waals surface area (Å²) in [5.41, 5.74) is 7.76. The first-order valence-corrected chi connectivity index (χ1v) is 11.5. The molecule has 1 unspecified atom stereocenters. The van der Waals surface area contributed by atoms with Crippen molar-refractivity contribution < 1.29 is 14.6 Å². The first-order chi connectivity index (χ1) is 15.1. The van der Waals surface area contributed by atoms with Gasteiger partial charge in [0.25, 0.3) is 0 Å². The van der Waals surface area contributed by atoms with Gasteiger partial charge in [-0.25, -0.2) is 0 Å². The number of anilines is 1. The summed E-state index contributed by atoms with van der Waals surface area (Å²) in [4.78, 5) is 4.26. The van der Waals surface area contributed by atoms with Crippen LogP contribution in [0.2, 0.25) is 10.0 Å². The zero-order chi connectivity index (χ0) is 22.3. The maximum Gasteiger partial charge on any atom is 0.0915 e. The van der Waals surface area contributed by atoms with E-state index in [9.17, 15) is 5.11 Å². The Morgan fingerprint density at radius 3 is 2.39 bits per heavy atom. The molecule has 0 radical (unpaired) electrons. The fourth-order valence-electron chi connectivity index (χ4n) is 3.01. The van der Waals surface area contributed by atoms with Gasteiger partial charge >= 0.3 is 0 Å². The van der Waals surface area contributed by atoms with E-state index in [-0.39, 0.29) is 0 Å². The Hall–Kier alpha value is -1.41. The van der Waals surface area contributed by atoms with Gasteiger partial charge in [0, 0.05) is 31.5 Å². The summed E-state index contributed by atoms with van der Waals surface area (Å²) >= 11 is 12.0. The molecule has 1 heterocycles. The second-order valence-electron chi connectivity index (χ2n) is 7.33. The number of nitrogens with one attached hydrogen (secondary N) is 1. The quantitative estimate of drug-likeness (QED) is 0.249. The number of pyridine rings is 1. The number of ether oxygens (including phenoxy) is 2. The molecule has 0 fully saturated rings. The van der Waals surface area contributed by atoms with E-state index >= 15 is 0 Å². The molecule has 0 amide bonds. The Labute approximate surface area is 195 Å². The van der Waals surface area contributed by atoms with Crippen molar-refractivity contribution in [1.82, 2.24) is 10.3 Å². The fraction of sp³-hybridized carbons (Fsp3) is 0.522. The largest absolute Gasteiger partial charge is 0.396 e. The Morgan fingerprint density at radius 1 is 0.968 bits per heavy atom. The van der Waals surface area contributed by atoms with Crippen LogP contribution in [-0.2, 0) is 15.9 Å². The summed E-state index contributed by atoms with van der Waals surface area (Å²) in [6, 6.07) is 9.21. The molecule has 0 bridgehead atoms. The van der Waals surface area contributed by atoms with E-state index in [1.807, 2.05) is 18.2 Å². The molecule has 6 nitrogen and oxygen atoms in total. The number of unbranched alkanes of at least 4 members (excludes halogenated alkanes) is 3. The third-order valence-electron chi connectivity index (χ3n) is 4.82. The molecule has 2 rings (SSSR count). The third-order valence-corrected chi connectivity index (χ3v) is 5.44. The first kappa shape index (κ1) is 25.8. The number of aliphatic hydroxyl groups excluding tert-OH is 1. The van der Waals surface area contributed by atoms with Crippen molar-refractivity contribution in [3.63, 3.8) is 0 Å². The molecule has 1 aromatic heterocycles. The van der Waals surface area contributed by atoms with E-state index in [1.165, 1.54) is 0 Å². The average Bonchev–Trinajstić information content (AvgIpc) is 2.77. The van der Waals surface area contributed by atoms with Crippen molar-refractivity contribution in [2.45, 2.75) is 38.2 Å². The number of aromatic nitrogens is 1. The maximum absolute atomic E-state index is 10.2. The molecule has 8 heteroatoms. The van der Waals surface area contributed by atoms with Crippen LogP contribution in [0.15, 0.2) is 36.5 Å². The van der Waals surface area contributed by atoms with Gasteiger partial charge < -0.3 is 25.6 Å². The first-order valence-electron chi connectivity index (χ1n) is 10.8. The summed E-state index contributed by atoms with van der Waals surface area (Å²) in [5, 5.41) is 14.2. The van der Waals surface area contributed by atoms with E-state index < -0.39 is 6.10 Å². The fourth-order valence-corrected chi connectivity index (χ4v) is 3.51. The van der Waals surface area contributed by atoms with Crippen LogP contribution in [0.25, 0.3) is 0 Å². The minimum atomic E-state index is -0.671. The Bertz CT molecular complexity index is 727. The van der Waals surface area contributed by atoms with Crippen molar-refractivity contribution in [2.24, 2.45) is 0 Å². The van der Waals surface area contributed by atoms with Crippen LogP contribution in [0.1, 0.15) is 43.0 Å². The number of hydrogen-bond donors (Lipinski definition) is 3. The van der Waals surface area contributed by atoms with Gasteiger partial charge in [-0.3, -0.25) is 4.98 Å². The van der Waals surface area contributed by atoms with Gasteiger partial charge in [-0.05, 0) is 49.2 Å². The molecule has 31 heavy (non-hydrogen) atoms. The predicted molar refractivity (Wildman–Crippen MR) is 127 cm³/mol. The van der Waals surface area contributed by atoms with Gasteiger partial charge in [0.2, 0.25) is 0 Å². The number of halogens is 2. The molecular weight excluding hydrogens is 437 g/mol. The number of nitrogens with zero attached hydrogens (tertiary/aromatic N) is 1. The number of rotatable bonds is 16. The number of nitrogen functional groups attached to an aromatic ring is 1. The van der Waals surface area contributed by atoms with Crippen LogP contribution in [-0.4, -0.2) is 49.6 Å². The van der Waals surface area contributed by atoms with Gasteiger partial charge in [-0.1, -0.05) is 42.1 Å². The summed E-state index contributed by atoms with van der Waals surface area (Å²) < 4.78 is 11.2. The van der Waals surface area contributed by atoms with Crippen LogP contribution in [0.3, 0.4) is 0 Å². The lowest BCUT2D eigenvalue weighted by atomic mass is 10.1. The molecule has 172 valence electrons. The highest BCUT2D eigenvalue weighted by molar-refractivity contribution is 6.38. The van der Waals surface area contributed by atoms with E-state index in [0.29, 0.717) is 47.7 Å². The van der Waals surface area contributed by atoms with Crippen LogP contribution in [0.4, 0.5) is 5.69 Å². The zero-order valence-corrected chi connectivity index (χ0v) is 19.4. The van der Waals surface area contributed by atoms with Gasteiger partial charge in [-0.2, -0.15) is 0 Å². The highest BCUT2D eigenvalue weighted by atomic mass is 35.5. The summed E-state index contributed by atoms with van der Waals surface area (Å²) in [6.45, 7) is 3.96. The molecule has 4 N–H and O–H groups in total. The zero-order valence-electron chi connectivity index (χ0n) is 17.9. The smallest absolute Gasteiger partial charge is 0.0915 e. The minimum absolute atomic E-state index is 0.337. The molecule has 1 aromatic carbocycles. The SMILES string of the molecule is Nc1c(Cl)cc(C(O)CNCCCCCCOCCOCCc2ccccn2)cc1Cl. The van der Waals surface area contributed by atoms with Gasteiger partial charge in [0.05, 0.1) is 41.7 Å². The normalized spacial score (nSPS) is 12.2. The Morgan fingerprint density at radius 2 is 1.68 bits per heavy atom. The maximum atomic E-state index is 10.2. The van der Waals surface area contributed by atoms with Gasteiger partial charge in [-0.15, -0.1) is 0 Å². The summed E-state index contributed by atoms with van der Waals surface area (Å²) in [7, 11) is 0.